The molecule has 1 fully saturated rings. The fraction of sp³-hybridized carbons (Fsp3) is 0.556. The summed E-state index contributed by atoms with van der Waals surface area (Å²) in [7, 11) is 0. The number of urea groups is 1. The van der Waals surface area contributed by atoms with Crippen molar-refractivity contribution in [3.05, 3.63) is 0 Å². The first-order chi connectivity index (χ1) is 7.93. The monoisotopic (exact) mass is 243 g/mol. The number of amides is 4. The summed E-state index contributed by atoms with van der Waals surface area (Å²) in [5.74, 6) is -2.33. The third kappa shape index (κ3) is 3.44. The van der Waals surface area contributed by atoms with Gasteiger partial charge in [0.1, 0.15) is 19.1 Å². The molecule has 17 heavy (non-hydrogen) atoms. The number of rotatable bonds is 3. The number of carboxylic acid groups (broad SMARTS) is 1. The molecule has 0 aromatic carbocycles. The lowest BCUT2D eigenvalue weighted by Crippen LogP contribution is -2.57. The Labute approximate surface area is 97.0 Å². The van der Waals surface area contributed by atoms with Crippen LogP contribution < -0.4 is 10.6 Å². The Hall–Kier alpha value is -2.12. The van der Waals surface area contributed by atoms with Crippen molar-refractivity contribution in [1.82, 2.24) is 15.5 Å². The van der Waals surface area contributed by atoms with Gasteiger partial charge in [0.2, 0.25) is 11.8 Å². The Morgan fingerprint density at radius 2 is 1.94 bits per heavy atom. The van der Waals surface area contributed by atoms with Crippen molar-refractivity contribution in [2.24, 2.45) is 0 Å². The molecule has 0 aromatic heterocycles. The zero-order valence-electron chi connectivity index (χ0n) is 9.23. The van der Waals surface area contributed by atoms with E-state index < -0.39 is 29.9 Å². The van der Waals surface area contributed by atoms with Gasteiger partial charge < -0.3 is 15.3 Å². The quantitative estimate of drug-likeness (QED) is 0.523. The van der Waals surface area contributed by atoms with Gasteiger partial charge >= 0.3 is 12.0 Å². The predicted molar refractivity (Wildman–Crippen MR) is 55.0 cm³/mol. The maximum absolute atomic E-state index is 11.6. The van der Waals surface area contributed by atoms with E-state index in [9.17, 15) is 19.2 Å². The average Bonchev–Trinajstić information content (AvgIpc) is 2.23. The van der Waals surface area contributed by atoms with E-state index >= 15 is 0 Å². The highest BCUT2D eigenvalue weighted by Gasteiger charge is 2.28. The van der Waals surface area contributed by atoms with Gasteiger partial charge in [-0.1, -0.05) is 6.92 Å². The standard InChI is InChI=1S/C9H13N3O5/c1-2-5(8(15)16)10-9(17)12-3-6(13)11-7(14)4-12/h5H,2-4H2,1H3,(H,10,17)(H,15,16)(H,11,13,14). The molecule has 3 N–H and O–H groups in total. The van der Waals surface area contributed by atoms with Crippen LogP contribution in [-0.4, -0.2) is 53.0 Å². The zero-order chi connectivity index (χ0) is 13.0. The molecule has 0 radical (unpaired) electrons. The molecule has 0 bridgehead atoms. The van der Waals surface area contributed by atoms with Crippen LogP contribution in [0, 0.1) is 0 Å². The average molecular weight is 243 g/mol. The number of carbonyl (C=O) groups is 4. The fourth-order valence-electron chi connectivity index (χ4n) is 1.36. The summed E-state index contributed by atoms with van der Waals surface area (Å²) in [6.45, 7) is 1.09. The topological polar surface area (TPSA) is 116 Å². The Morgan fingerprint density at radius 1 is 1.41 bits per heavy atom. The highest BCUT2D eigenvalue weighted by Crippen LogP contribution is 1.98. The molecular weight excluding hydrogens is 230 g/mol. The van der Waals surface area contributed by atoms with Crippen LogP contribution in [-0.2, 0) is 14.4 Å². The minimum absolute atomic E-state index is 0.217. The molecule has 94 valence electrons. The van der Waals surface area contributed by atoms with Gasteiger partial charge in [0.05, 0.1) is 0 Å². The summed E-state index contributed by atoms with van der Waals surface area (Å²) in [5, 5.41) is 13.0. The smallest absolute Gasteiger partial charge is 0.326 e. The van der Waals surface area contributed by atoms with E-state index in [0.717, 1.165) is 4.90 Å². The Balaban J connectivity index is 2.60. The second kappa shape index (κ2) is 5.28. The molecule has 1 saturated heterocycles. The lowest BCUT2D eigenvalue weighted by Gasteiger charge is -2.26. The van der Waals surface area contributed by atoms with Gasteiger partial charge in [-0.2, -0.15) is 0 Å². The number of aliphatic carboxylic acids is 1. The normalized spacial score (nSPS) is 17.4. The fourth-order valence-corrected chi connectivity index (χ4v) is 1.36. The van der Waals surface area contributed by atoms with E-state index in [1.54, 1.807) is 6.92 Å². The molecule has 0 aromatic rings. The van der Waals surface area contributed by atoms with E-state index in [1.165, 1.54) is 0 Å². The van der Waals surface area contributed by atoms with Gasteiger partial charge in [-0.15, -0.1) is 0 Å². The molecule has 8 heteroatoms. The maximum atomic E-state index is 11.6. The number of imide groups is 1. The molecule has 4 amide bonds. The number of nitrogens with one attached hydrogen (secondary N) is 2. The number of hydrogen-bond acceptors (Lipinski definition) is 4. The van der Waals surface area contributed by atoms with Crippen LogP contribution in [0.25, 0.3) is 0 Å². The van der Waals surface area contributed by atoms with Crippen molar-refractivity contribution in [3.63, 3.8) is 0 Å². The number of nitrogens with zero attached hydrogens (tertiary/aromatic N) is 1. The van der Waals surface area contributed by atoms with Crippen LogP contribution in [0.4, 0.5) is 4.79 Å². The van der Waals surface area contributed by atoms with Crippen molar-refractivity contribution < 1.29 is 24.3 Å². The van der Waals surface area contributed by atoms with Crippen LogP contribution in [0.1, 0.15) is 13.3 Å². The van der Waals surface area contributed by atoms with Crippen molar-refractivity contribution in [2.75, 3.05) is 13.1 Å². The van der Waals surface area contributed by atoms with Gasteiger partial charge in [-0.05, 0) is 6.42 Å². The third-order valence-electron chi connectivity index (χ3n) is 2.24. The lowest BCUT2D eigenvalue weighted by molar-refractivity contribution is -0.139. The van der Waals surface area contributed by atoms with Crippen molar-refractivity contribution >= 4 is 23.8 Å². The van der Waals surface area contributed by atoms with Gasteiger partial charge in [-0.25, -0.2) is 9.59 Å². The molecule has 0 spiro atoms. The van der Waals surface area contributed by atoms with Crippen LogP contribution in [0.5, 0.6) is 0 Å². The predicted octanol–water partition coefficient (Wildman–Crippen LogP) is -1.48. The molecule has 1 heterocycles. The lowest BCUT2D eigenvalue weighted by atomic mass is 10.2. The molecule has 0 aliphatic carbocycles. The minimum atomic E-state index is -1.16. The van der Waals surface area contributed by atoms with E-state index in [1.807, 2.05) is 5.32 Å². The van der Waals surface area contributed by atoms with Crippen LogP contribution in [0.2, 0.25) is 0 Å². The Bertz CT molecular complexity index is 352. The minimum Gasteiger partial charge on any atom is -0.480 e. The van der Waals surface area contributed by atoms with Gasteiger partial charge in [0.25, 0.3) is 0 Å². The Morgan fingerprint density at radius 3 is 2.35 bits per heavy atom. The van der Waals surface area contributed by atoms with Gasteiger partial charge in [-0.3, -0.25) is 14.9 Å². The molecule has 1 atom stereocenters. The number of carboxylic acids is 1. The second-order valence-corrected chi connectivity index (χ2v) is 3.58. The summed E-state index contributed by atoms with van der Waals surface area (Å²) in [6.07, 6.45) is 0.217. The zero-order valence-corrected chi connectivity index (χ0v) is 9.23. The SMILES string of the molecule is CCC(NC(=O)N1CC(=O)NC(=O)C1)C(=O)O. The first-order valence-corrected chi connectivity index (χ1v) is 5.05. The van der Waals surface area contributed by atoms with E-state index in [2.05, 4.69) is 5.32 Å². The van der Waals surface area contributed by atoms with Crippen molar-refractivity contribution in [1.29, 1.82) is 0 Å². The molecule has 1 aliphatic rings. The first kappa shape index (κ1) is 12.9. The van der Waals surface area contributed by atoms with E-state index in [4.69, 9.17) is 5.11 Å². The second-order valence-electron chi connectivity index (χ2n) is 3.58. The van der Waals surface area contributed by atoms with E-state index in [0.29, 0.717) is 0 Å². The number of piperazine rings is 1. The van der Waals surface area contributed by atoms with Crippen LogP contribution in [0.3, 0.4) is 0 Å². The largest absolute Gasteiger partial charge is 0.480 e. The molecule has 1 rings (SSSR count). The molecule has 1 unspecified atom stereocenters. The van der Waals surface area contributed by atoms with E-state index in [-0.39, 0.29) is 19.5 Å². The number of carbonyl (C=O) groups excluding carboxylic acids is 3. The highest BCUT2D eigenvalue weighted by molar-refractivity contribution is 6.02. The summed E-state index contributed by atoms with van der Waals surface area (Å²) < 4.78 is 0. The summed E-state index contributed by atoms with van der Waals surface area (Å²) in [6, 6.07) is -1.76. The summed E-state index contributed by atoms with van der Waals surface area (Å²) in [5.41, 5.74) is 0. The highest BCUT2D eigenvalue weighted by atomic mass is 16.4. The van der Waals surface area contributed by atoms with Crippen LogP contribution >= 0.6 is 0 Å². The summed E-state index contributed by atoms with van der Waals surface area (Å²) >= 11 is 0. The molecule has 0 saturated carbocycles. The third-order valence-corrected chi connectivity index (χ3v) is 2.24. The molecule has 8 nitrogen and oxygen atoms in total. The molecular formula is C9H13N3O5. The summed E-state index contributed by atoms with van der Waals surface area (Å²) in [4.78, 5) is 45.3. The maximum Gasteiger partial charge on any atom is 0.326 e. The van der Waals surface area contributed by atoms with Gasteiger partial charge in [0, 0.05) is 0 Å². The Kier molecular flexibility index (Phi) is 4.02. The number of hydrogen-bond donors (Lipinski definition) is 3. The molecule has 1 aliphatic heterocycles. The van der Waals surface area contributed by atoms with Gasteiger partial charge in [0.15, 0.2) is 0 Å². The first-order valence-electron chi connectivity index (χ1n) is 5.05. The van der Waals surface area contributed by atoms with Crippen LogP contribution in [0.15, 0.2) is 0 Å². The van der Waals surface area contributed by atoms with Crippen molar-refractivity contribution in [2.45, 2.75) is 19.4 Å². The van der Waals surface area contributed by atoms with Crippen molar-refractivity contribution in [3.8, 4) is 0 Å².